The first-order valence-corrected chi connectivity index (χ1v) is 9.32. The Labute approximate surface area is 127 Å². The molecule has 1 aliphatic heterocycles. The van der Waals surface area contributed by atoms with Crippen molar-refractivity contribution in [2.75, 3.05) is 37.8 Å². The van der Waals surface area contributed by atoms with Crippen LogP contribution in [0.5, 0.6) is 0 Å². The second kappa shape index (κ2) is 8.20. The van der Waals surface area contributed by atoms with Crippen molar-refractivity contribution < 1.29 is 13.2 Å². The first kappa shape index (κ1) is 17.7. The van der Waals surface area contributed by atoms with Gasteiger partial charge in [-0.1, -0.05) is 13.8 Å². The molecule has 0 aliphatic carbocycles. The van der Waals surface area contributed by atoms with Crippen LogP contribution in [0.3, 0.4) is 0 Å². The van der Waals surface area contributed by atoms with E-state index in [2.05, 4.69) is 0 Å². The van der Waals surface area contributed by atoms with E-state index in [0.29, 0.717) is 57.2 Å². The highest BCUT2D eigenvalue weighted by Gasteiger charge is 2.28. The lowest BCUT2D eigenvalue weighted by Crippen LogP contribution is -2.51. The molecule has 1 heterocycles. The van der Waals surface area contributed by atoms with Crippen LogP contribution in [-0.4, -0.2) is 61.3 Å². The molecule has 0 bridgehead atoms. The molecule has 1 rings (SSSR count). The third-order valence-electron chi connectivity index (χ3n) is 3.35. The largest absolute Gasteiger partial charge is 0.340 e. The van der Waals surface area contributed by atoms with Crippen molar-refractivity contribution in [3.63, 3.8) is 0 Å². The normalized spacial score (nSPS) is 17.7. The van der Waals surface area contributed by atoms with Crippen molar-refractivity contribution in [3.05, 3.63) is 0 Å². The van der Waals surface area contributed by atoms with Gasteiger partial charge in [0.2, 0.25) is 15.9 Å². The highest BCUT2D eigenvalue weighted by Crippen LogP contribution is 2.12. The molecule has 1 saturated heterocycles. The van der Waals surface area contributed by atoms with E-state index >= 15 is 0 Å². The van der Waals surface area contributed by atoms with E-state index in [4.69, 9.17) is 11.6 Å². The molecule has 1 fully saturated rings. The maximum absolute atomic E-state index is 12.1. The van der Waals surface area contributed by atoms with E-state index in [9.17, 15) is 13.2 Å². The van der Waals surface area contributed by atoms with E-state index < -0.39 is 10.0 Å². The van der Waals surface area contributed by atoms with E-state index in [1.54, 1.807) is 4.90 Å². The van der Waals surface area contributed by atoms with E-state index in [1.807, 2.05) is 13.8 Å². The number of amides is 1. The van der Waals surface area contributed by atoms with Crippen LogP contribution >= 0.6 is 11.6 Å². The number of nitrogens with zero attached hydrogens (tertiary/aromatic N) is 2. The number of hydrogen-bond acceptors (Lipinski definition) is 3. The minimum Gasteiger partial charge on any atom is -0.340 e. The highest BCUT2D eigenvalue weighted by molar-refractivity contribution is 7.89. The Hall–Kier alpha value is -0.330. The lowest BCUT2D eigenvalue weighted by molar-refractivity contribution is -0.133. The van der Waals surface area contributed by atoms with Crippen LogP contribution < -0.4 is 0 Å². The molecule has 1 amide bonds. The van der Waals surface area contributed by atoms with Crippen molar-refractivity contribution in [1.82, 2.24) is 9.21 Å². The predicted molar refractivity (Wildman–Crippen MR) is 81.3 cm³/mol. The van der Waals surface area contributed by atoms with Crippen LogP contribution in [0.4, 0.5) is 0 Å². The van der Waals surface area contributed by atoms with Gasteiger partial charge in [0.15, 0.2) is 0 Å². The fraction of sp³-hybridized carbons (Fsp3) is 0.923. The number of hydrogen-bond donors (Lipinski definition) is 0. The van der Waals surface area contributed by atoms with Gasteiger partial charge in [-0.15, -0.1) is 11.6 Å². The number of rotatable bonds is 7. The molecule has 0 atom stereocenters. The van der Waals surface area contributed by atoms with Gasteiger partial charge in [-0.05, 0) is 18.8 Å². The van der Waals surface area contributed by atoms with Crippen LogP contribution in [0.15, 0.2) is 0 Å². The summed E-state index contributed by atoms with van der Waals surface area (Å²) in [5.74, 6) is 1.10. The van der Waals surface area contributed by atoms with E-state index in [-0.39, 0.29) is 11.7 Å². The summed E-state index contributed by atoms with van der Waals surface area (Å²) in [4.78, 5) is 13.7. The monoisotopic (exact) mass is 324 g/mol. The van der Waals surface area contributed by atoms with Gasteiger partial charge >= 0.3 is 0 Å². The molecule has 0 saturated carbocycles. The SMILES string of the molecule is CC(C)CC(=O)N1CCN(S(=O)(=O)CCCCCl)CC1. The van der Waals surface area contributed by atoms with Gasteiger partial charge in [0.1, 0.15) is 0 Å². The van der Waals surface area contributed by atoms with Gasteiger partial charge < -0.3 is 4.90 Å². The third kappa shape index (κ3) is 5.58. The average Bonchev–Trinajstić information content (AvgIpc) is 2.38. The lowest BCUT2D eigenvalue weighted by atomic mass is 10.1. The number of piperazine rings is 1. The number of unbranched alkanes of at least 4 members (excludes halogenated alkanes) is 1. The summed E-state index contributed by atoms with van der Waals surface area (Å²) in [7, 11) is -3.19. The average molecular weight is 325 g/mol. The first-order valence-electron chi connectivity index (χ1n) is 7.18. The Morgan fingerprint density at radius 2 is 1.75 bits per heavy atom. The first-order chi connectivity index (χ1) is 9.36. The van der Waals surface area contributed by atoms with Crippen LogP contribution in [0.25, 0.3) is 0 Å². The molecule has 0 spiro atoms. The maximum atomic E-state index is 12.1. The molecule has 118 valence electrons. The fourth-order valence-electron chi connectivity index (χ4n) is 2.20. The molecule has 20 heavy (non-hydrogen) atoms. The molecule has 0 aromatic heterocycles. The third-order valence-corrected chi connectivity index (χ3v) is 5.58. The van der Waals surface area contributed by atoms with Gasteiger partial charge in [-0.3, -0.25) is 4.79 Å². The van der Waals surface area contributed by atoms with Gasteiger partial charge in [0.25, 0.3) is 0 Å². The highest BCUT2D eigenvalue weighted by atomic mass is 35.5. The van der Waals surface area contributed by atoms with Gasteiger partial charge in [-0.25, -0.2) is 8.42 Å². The quantitative estimate of drug-likeness (QED) is 0.527. The van der Waals surface area contributed by atoms with Crippen molar-refractivity contribution >= 4 is 27.5 Å². The minimum absolute atomic E-state index is 0.124. The standard InChI is InChI=1S/C13H25ClN2O3S/c1-12(2)11-13(17)15-6-8-16(9-7-15)20(18,19)10-4-3-5-14/h12H,3-11H2,1-2H3. The number of carbonyl (C=O) groups excluding carboxylic acids is 1. The zero-order valence-electron chi connectivity index (χ0n) is 12.3. The van der Waals surface area contributed by atoms with E-state index in [0.717, 1.165) is 0 Å². The summed E-state index contributed by atoms with van der Waals surface area (Å²) in [6.45, 7) is 5.84. The Morgan fingerprint density at radius 3 is 2.25 bits per heavy atom. The molecule has 0 unspecified atom stereocenters. The van der Waals surface area contributed by atoms with Crippen molar-refractivity contribution in [2.45, 2.75) is 33.1 Å². The van der Waals surface area contributed by atoms with Crippen molar-refractivity contribution in [3.8, 4) is 0 Å². The Balaban J connectivity index is 2.43. The number of halogens is 1. The van der Waals surface area contributed by atoms with Crippen LogP contribution in [0.1, 0.15) is 33.1 Å². The van der Waals surface area contributed by atoms with Gasteiger partial charge in [-0.2, -0.15) is 4.31 Å². The predicted octanol–water partition coefficient (Wildman–Crippen LogP) is 1.53. The Bertz CT molecular complexity index is 404. The Kier molecular flexibility index (Phi) is 7.26. The topological polar surface area (TPSA) is 57.7 Å². The number of carbonyl (C=O) groups is 1. The number of alkyl halides is 1. The van der Waals surface area contributed by atoms with Crippen molar-refractivity contribution in [1.29, 1.82) is 0 Å². The van der Waals surface area contributed by atoms with Crippen LogP contribution in [0.2, 0.25) is 0 Å². The van der Waals surface area contributed by atoms with Crippen LogP contribution in [-0.2, 0) is 14.8 Å². The minimum atomic E-state index is -3.19. The number of sulfonamides is 1. The second-order valence-corrected chi connectivity index (χ2v) is 8.06. The molecule has 5 nitrogen and oxygen atoms in total. The smallest absolute Gasteiger partial charge is 0.222 e. The molecular weight excluding hydrogens is 300 g/mol. The molecule has 0 radical (unpaired) electrons. The molecule has 1 aliphatic rings. The second-order valence-electron chi connectivity index (χ2n) is 5.59. The molecule has 0 N–H and O–H groups in total. The molecule has 7 heteroatoms. The van der Waals surface area contributed by atoms with E-state index in [1.165, 1.54) is 4.31 Å². The molecule has 0 aromatic carbocycles. The summed E-state index contributed by atoms with van der Waals surface area (Å²) in [6.07, 6.45) is 1.84. The maximum Gasteiger partial charge on any atom is 0.222 e. The summed E-state index contributed by atoms with van der Waals surface area (Å²) < 4.78 is 25.7. The van der Waals surface area contributed by atoms with Gasteiger partial charge in [0.05, 0.1) is 5.75 Å². The fourth-order valence-corrected chi connectivity index (χ4v) is 3.94. The summed E-state index contributed by atoms with van der Waals surface area (Å²) in [5.41, 5.74) is 0. The Morgan fingerprint density at radius 1 is 1.15 bits per heavy atom. The zero-order chi connectivity index (χ0) is 15.2. The van der Waals surface area contributed by atoms with Crippen molar-refractivity contribution in [2.24, 2.45) is 5.92 Å². The lowest BCUT2D eigenvalue weighted by Gasteiger charge is -2.34. The molecular formula is C13H25ClN2O3S. The van der Waals surface area contributed by atoms with Crippen LogP contribution in [0, 0.1) is 5.92 Å². The molecule has 0 aromatic rings. The summed E-state index contributed by atoms with van der Waals surface area (Å²) in [5, 5.41) is 0. The summed E-state index contributed by atoms with van der Waals surface area (Å²) in [6, 6.07) is 0. The summed E-state index contributed by atoms with van der Waals surface area (Å²) >= 11 is 5.56. The van der Waals surface area contributed by atoms with Gasteiger partial charge in [0, 0.05) is 38.5 Å². The zero-order valence-corrected chi connectivity index (χ0v) is 13.9.